The highest BCUT2D eigenvalue weighted by Crippen LogP contribution is 2.32. The fourth-order valence-corrected chi connectivity index (χ4v) is 2.00. The number of aromatic amines is 1. The summed E-state index contributed by atoms with van der Waals surface area (Å²) < 4.78 is 5.11. The van der Waals surface area contributed by atoms with Crippen LogP contribution < -0.4 is 10.5 Å². The van der Waals surface area contributed by atoms with Crippen molar-refractivity contribution in [3.8, 4) is 17.0 Å². The fraction of sp³-hybridized carbons (Fsp3) is 0.250. The summed E-state index contributed by atoms with van der Waals surface area (Å²) in [5, 5.41) is 7.77. The average Bonchev–Trinajstić information content (AvgIpc) is 2.70. The van der Waals surface area contributed by atoms with Gasteiger partial charge in [0.25, 0.3) is 0 Å². The number of methoxy groups -OCH3 is 1. The molecular weight excluding hydrogens is 238 g/mol. The molecule has 1 heterocycles. The first-order valence-corrected chi connectivity index (χ1v) is 5.63. The number of benzene rings is 1. The molecular formula is C12H14ClN3O. The highest BCUT2D eigenvalue weighted by Gasteiger charge is 2.14. The normalized spacial score (nSPS) is 10.6. The molecule has 2 rings (SSSR count). The van der Waals surface area contributed by atoms with E-state index in [4.69, 9.17) is 22.1 Å². The zero-order valence-corrected chi connectivity index (χ0v) is 10.5. The summed E-state index contributed by atoms with van der Waals surface area (Å²) in [6.07, 6.45) is 0. The van der Waals surface area contributed by atoms with E-state index in [0.717, 1.165) is 28.3 Å². The van der Waals surface area contributed by atoms with Gasteiger partial charge in [-0.3, -0.25) is 5.10 Å². The zero-order chi connectivity index (χ0) is 12.4. The van der Waals surface area contributed by atoms with Crippen LogP contribution in [0.3, 0.4) is 0 Å². The molecule has 0 amide bonds. The van der Waals surface area contributed by atoms with Crippen molar-refractivity contribution in [3.63, 3.8) is 0 Å². The van der Waals surface area contributed by atoms with Crippen LogP contribution in [0.5, 0.6) is 5.75 Å². The first kappa shape index (κ1) is 12.0. The molecule has 0 bridgehead atoms. The molecule has 90 valence electrons. The summed E-state index contributed by atoms with van der Waals surface area (Å²) in [6, 6.07) is 5.50. The number of nitrogens with one attached hydrogen (secondary N) is 1. The van der Waals surface area contributed by atoms with E-state index >= 15 is 0 Å². The van der Waals surface area contributed by atoms with E-state index in [2.05, 4.69) is 10.2 Å². The number of aryl methyl sites for hydroxylation is 1. The van der Waals surface area contributed by atoms with Crippen LogP contribution in [0.15, 0.2) is 18.2 Å². The van der Waals surface area contributed by atoms with Gasteiger partial charge in [-0.2, -0.15) is 5.10 Å². The number of aromatic nitrogens is 2. The van der Waals surface area contributed by atoms with Crippen LogP contribution >= 0.6 is 11.6 Å². The first-order valence-electron chi connectivity index (χ1n) is 5.25. The molecule has 3 N–H and O–H groups in total. The first-order chi connectivity index (χ1) is 8.17. The summed E-state index contributed by atoms with van der Waals surface area (Å²) in [6.45, 7) is 2.37. The Hall–Kier alpha value is -1.52. The number of nitrogens with zero attached hydrogens (tertiary/aromatic N) is 1. The van der Waals surface area contributed by atoms with Crippen LogP contribution in [0, 0.1) is 6.92 Å². The van der Waals surface area contributed by atoms with Gasteiger partial charge in [-0.15, -0.1) is 0 Å². The summed E-state index contributed by atoms with van der Waals surface area (Å²) >= 11 is 6.21. The molecule has 0 spiro atoms. The third-order valence-corrected chi connectivity index (χ3v) is 3.02. The third kappa shape index (κ3) is 2.14. The van der Waals surface area contributed by atoms with Gasteiger partial charge in [0.15, 0.2) is 0 Å². The molecule has 0 saturated heterocycles. The van der Waals surface area contributed by atoms with E-state index in [1.54, 1.807) is 13.2 Å². The van der Waals surface area contributed by atoms with Crippen molar-refractivity contribution in [3.05, 3.63) is 34.5 Å². The summed E-state index contributed by atoms with van der Waals surface area (Å²) in [5.41, 5.74) is 9.32. The number of rotatable bonds is 3. The Bertz CT molecular complexity index is 537. The van der Waals surface area contributed by atoms with Crippen molar-refractivity contribution in [1.29, 1.82) is 0 Å². The Morgan fingerprint density at radius 3 is 2.82 bits per heavy atom. The summed E-state index contributed by atoms with van der Waals surface area (Å²) in [7, 11) is 1.61. The molecule has 0 aliphatic heterocycles. The van der Waals surface area contributed by atoms with Crippen LogP contribution in [0.1, 0.15) is 11.3 Å². The minimum atomic E-state index is 0.431. The Morgan fingerprint density at radius 2 is 2.24 bits per heavy atom. The highest BCUT2D eigenvalue weighted by atomic mass is 35.5. The SMILES string of the molecule is COc1ccc(-c2n[nH]c(C)c2CN)c(Cl)c1. The van der Waals surface area contributed by atoms with E-state index in [9.17, 15) is 0 Å². The smallest absolute Gasteiger partial charge is 0.120 e. The number of ether oxygens (including phenoxy) is 1. The Labute approximate surface area is 105 Å². The maximum atomic E-state index is 6.21. The standard InChI is InChI=1S/C12H14ClN3O/c1-7-10(6-14)12(16-15-7)9-4-3-8(17-2)5-11(9)13/h3-5H,6,14H2,1-2H3,(H,15,16). The molecule has 5 heteroatoms. The van der Waals surface area contributed by atoms with Crippen LogP contribution in [0.25, 0.3) is 11.3 Å². The second kappa shape index (κ2) is 4.77. The zero-order valence-electron chi connectivity index (χ0n) is 9.75. The molecule has 0 saturated carbocycles. The Morgan fingerprint density at radius 1 is 1.47 bits per heavy atom. The number of hydrogen-bond donors (Lipinski definition) is 2. The monoisotopic (exact) mass is 251 g/mol. The van der Waals surface area contributed by atoms with E-state index in [-0.39, 0.29) is 0 Å². The van der Waals surface area contributed by atoms with Gasteiger partial charge in [0, 0.05) is 23.4 Å². The third-order valence-electron chi connectivity index (χ3n) is 2.71. The second-order valence-electron chi connectivity index (χ2n) is 3.73. The summed E-state index contributed by atoms with van der Waals surface area (Å²) in [5.74, 6) is 0.723. The number of halogens is 1. The molecule has 1 aromatic heterocycles. The van der Waals surface area contributed by atoms with Gasteiger partial charge in [-0.25, -0.2) is 0 Å². The fourth-order valence-electron chi connectivity index (χ4n) is 1.74. The maximum absolute atomic E-state index is 6.21. The molecule has 0 radical (unpaired) electrons. The lowest BCUT2D eigenvalue weighted by Gasteiger charge is -2.06. The van der Waals surface area contributed by atoms with E-state index in [0.29, 0.717) is 11.6 Å². The molecule has 0 fully saturated rings. The molecule has 1 aromatic carbocycles. The van der Waals surface area contributed by atoms with Crippen LogP contribution in [-0.4, -0.2) is 17.3 Å². The lowest BCUT2D eigenvalue weighted by atomic mass is 10.1. The van der Waals surface area contributed by atoms with Crippen molar-refractivity contribution in [2.45, 2.75) is 13.5 Å². The van der Waals surface area contributed by atoms with Gasteiger partial charge < -0.3 is 10.5 Å². The average molecular weight is 252 g/mol. The van der Waals surface area contributed by atoms with E-state index in [1.165, 1.54) is 0 Å². The molecule has 0 aliphatic carbocycles. The topological polar surface area (TPSA) is 63.9 Å². The van der Waals surface area contributed by atoms with Crippen molar-refractivity contribution >= 4 is 11.6 Å². The van der Waals surface area contributed by atoms with Crippen LogP contribution in [0.4, 0.5) is 0 Å². The van der Waals surface area contributed by atoms with Gasteiger partial charge in [0.2, 0.25) is 0 Å². The van der Waals surface area contributed by atoms with E-state index in [1.807, 2.05) is 19.1 Å². The molecule has 0 unspecified atom stereocenters. The predicted octanol–water partition coefficient (Wildman–Crippen LogP) is 2.51. The number of nitrogens with two attached hydrogens (primary N) is 1. The predicted molar refractivity (Wildman–Crippen MR) is 68.2 cm³/mol. The number of H-pyrrole nitrogens is 1. The van der Waals surface area contributed by atoms with Crippen molar-refractivity contribution < 1.29 is 4.74 Å². The largest absolute Gasteiger partial charge is 0.497 e. The van der Waals surface area contributed by atoms with Crippen LogP contribution in [-0.2, 0) is 6.54 Å². The minimum absolute atomic E-state index is 0.431. The summed E-state index contributed by atoms with van der Waals surface area (Å²) in [4.78, 5) is 0. The lowest BCUT2D eigenvalue weighted by molar-refractivity contribution is 0.415. The molecule has 17 heavy (non-hydrogen) atoms. The maximum Gasteiger partial charge on any atom is 0.120 e. The molecule has 0 aliphatic rings. The van der Waals surface area contributed by atoms with Crippen molar-refractivity contribution in [2.24, 2.45) is 5.73 Å². The van der Waals surface area contributed by atoms with Gasteiger partial charge >= 0.3 is 0 Å². The van der Waals surface area contributed by atoms with Crippen molar-refractivity contribution in [2.75, 3.05) is 7.11 Å². The lowest BCUT2D eigenvalue weighted by Crippen LogP contribution is -1.99. The van der Waals surface area contributed by atoms with E-state index < -0.39 is 0 Å². The molecule has 2 aromatic rings. The molecule has 0 atom stereocenters. The number of hydrogen-bond acceptors (Lipinski definition) is 3. The Kier molecular flexibility index (Phi) is 3.36. The Balaban J connectivity index is 2.53. The second-order valence-corrected chi connectivity index (χ2v) is 4.13. The van der Waals surface area contributed by atoms with Crippen LogP contribution in [0.2, 0.25) is 5.02 Å². The quantitative estimate of drug-likeness (QED) is 0.881. The minimum Gasteiger partial charge on any atom is -0.497 e. The van der Waals surface area contributed by atoms with Gasteiger partial charge in [-0.05, 0) is 25.1 Å². The van der Waals surface area contributed by atoms with Gasteiger partial charge in [-0.1, -0.05) is 11.6 Å². The van der Waals surface area contributed by atoms with Gasteiger partial charge in [0.1, 0.15) is 5.75 Å². The van der Waals surface area contributed by atoms with Crippen molar-refractivity contribution in [1.82, 2.24) is 10.2 Å². The highest BCUT2D eigenvalue weighted by molar-refractivity contribution is 6.33. The molecule has 4 nitrogen and oxygen atoms in total. The van der Waals surface area contributed by atoms with Gasteiger partial charge in [0.05, 0.1) is 17.8 Å².